The van der Waals surface area contributed by atoms with E-state index in [1.165, 1.54) is 6.26 Å². The molecule has 0 radical (unpaired) electrons. The van der Waals surface area contributed by atoms with Crippen molar-refractivity contribution in [1.29, 1.82) is 0 Å². The van der Waals surface area contributed by atoms with Crippen molar-refractivity contribution in [1.82, 2.24) is 4.72 Å². The average molecular weight is 304 g/mol. The highest BCUT2D eigenvalue weighted by Crippen LogP contribution is 2.25. The van der Waals surface area contributed by atoms with Crippen molar-refractivity contribution < 1.29 is 12.6 Å². The molecule has 0 aliphatic rings. The molecule has 0 saturated carbocycles. The van der Waals surface area contributed by atoms with Crippen LogP contribution in [0.4, 0.5) is 5.69 Å². The van der Waals surface area contributed by atoms with Crippen LogP contribution in [0.2, 0.25) is 0 Å². The molecule has 0 saturated heterocycles. The predicted molar refractivity (Wildman–Crippen MR) is 79.0 cm³/mol. The Morgan fingerprint density at radius 1 is 1.37 bits per heavy atom. The van der Waals surface area contributed by atoms with Crippen molar-refractivity contribution in [3.05, 3.63) is 23.3 Å². The molecule has 108 valence electrons. The first-order valence-electron chi connectivity index (χ1n) is 5.83. The lowest BCUT2D eigenvalue weighted by Crippen LogP contribution is -2.36. The molecule has 0 aliphatic heterocycles. The smallest absolute Gasteiger partial charge is 0.243 e. The molecule has 0 fully saturated rings. The summed E-state index contributed by atoms with van der Waals surface area (Å²) < 4.78 is 38.3. The lowest BCUT2D eigenvalue weighted by Gasteiger charge is -2.17. The minimum atomic E-state index is -3.70. The standard InChI is InChI=1S/C12H20N2O3S2/c1-8-5-6-11(13)12(10(8)3)19(16,17)14-9(2)7-18(4)15/h5-6,9,14H,7,13H2,1-4H3. The van der Waals surface area contributed by atoms with E-state index in [2.05, 4.69) is 4.72 Å². The van der Waals surface area contributed by atoms with Gasteiger partial charge in [0.05, 0.1) is 5.69 Å². The summed E-state index contributed by atoms with van der Waals surface area (Å²) in [5.41, 5.74) is 7.50. The molecular weight excluding hydrogens is 284 g/mol. The van der Waals surface area contributed by atoms with Crippen LogP contribution in [0, 0.1) is 13.8 Å². The number of nitrogen functional groups attached to an aromatic ring is 1. The number of hydrogen-bond donors (Lipinski definition) is 2. The Hall–Kier alpha value is -0.920. The molecule has 7 heteroatoms. The Morgan fingerprint density at radius 3 is 2.47 bits per heavy atom. The lowest BCUT2D eigenvalue weighted by molar-refractivity contribution is 0.570. The number of anilines is 1. The van der Waals surface area contributed by atoms with Crippen LogP contribution in [-0.2, 0) is 20.8 Å². The maximum absolute atomic E-state index is 12.3. The molecule has 19 heavy (non-hydrogen) atoms. The van der Waals surface area contributed by atoms with Gasteiger partial charge in [0.1, 0.15) is 4.90 Å². The molecule has 5 nitrogen and oxygen atoms in total. The van der Waals surface area contributed by atoms with Gasteiger partial charge in [0.25, 0.3) is 0 Å². The molecule has 0 amide bonds. The number of benzene rings is 1. The van der Waals surface area contributed by atoms with Crippen molar-refractivity contribution in [2.24, 2.45) is 0 Å². The van der Waals surface area contributed by atoms with Gasteiger partial charge >= 0.3 is 0 Å². The molecule has 2 unspecified atom stereocenters. The Labute approximate surface area is 117 Å². The molecule has 0 bridgehead atoms. The van der Waals surface area contributed by atoms with E-state index in [0.29, 0.717) is 5.56 Å². The Bertz CT molecular complexity index is 597. The normalized spacial score (nSPS) is 15.2. The zero-order valence-corrected chi connectivity index (χ0v) is 13.2. The summed E-state index contributed by atoms with van der Waals surface area (Å²) in [6.07, 6.45) is 1.54. The third kappa shape index (κ3) is 4.02. The molecule has 0 spiro atoms. The summed E-state index contributed by atoms with van der Waals surface area (Å²) in [6.45, 7) is 5.24. The zero-order valence-electron chi connectivity index (χ0n) is 11.6. The number of aryl methyl sites for hydroxylation is 1. The summed E-state index contributed by atoms with van der Waals surface area (Å²) in [6, 6.07) is 2.96. The van der Waals surface area contributed by atoms with Gasteiger partial charge in [-0.1, -0.05) is 6.07 Å². The van der Waals surface area contributed by atoms with Gasteiger partial charge in [0.15, 0.2) is 0 Å². The third-order valence-corrected chi connectivity index (χ3v) is 5.58. The third-order valence-electron chi connectivity index (χ3n) is 2.82. The first-order valence-corrected chi connectivity index (χ1v) is 9.04. The van der Waals surface area contributed by atoms with Gasteiger partial charge in [-0.3, -0.25) is 4.21 Å². The molecular formula is C12H20N2O3S2. The molecule has 1 aromatic rings. The van der Waals surface area contributed by atoms with Gasteiger partial charge in [-0.25, -0.2) is 13.1 Å². The molecule has 1 rings (SSSR count). The van der Waals surface area contributed by atoms with E-state index in [-0.39, 0.29) is 16.3 Å². The molecule has 3 N–H and O–H groups in total. The summed E-state index contributed by atoms with van der Waals surface area (Å²) in [7, 11) is -4.76. The fourth-order valence-corrected chi connectivity index (χ4v) is 4.44. The van der Waals surface area contributed by atoms with Crippen LogP contribution >= 0.6 is 0 Å². The Morgan fingerprint density at radius 2 is 1.95 bits per heavy atom. The van der Waals surface area contributed by atoms with E-state index < -0.39 is 26.9 Å². The fourth-order valence-electron chi connectivity index (χ4n) is 1.88. The van der Waals surface area contributed by atoms with Crippen molar-refractivity contribution in [2.45, 2.75) is 31.7 Å². The van der Waals surface area contributed by atoms with Crippen molar-refractivity contribution in [3.63, 3.8) is 0 Å². The predicted octanol–water partition coefficient (Wildman–Crippen LogP) is 0.931. The van der Waals surface area contributed by atoms with Gasteiger partial charge in [-0.2, -0.15) is 0 Å². The monoisotopic (exact) mass is 304 g/mol. The highest BCUT2D eigenvalue weighted by atomic mass is 32.2. The maximum Gasteiger partial charge on any atom is 0.243 e. The van der Waals surface area contributed by atoms with Crippen molar-refractivity contribution in [3.8, 4) is 0 Å². The largest absolute Gasteiger partial charge is 0.398 e. The minimum absolute atomic E-state index is 0.112. The zero-order chi connectivity index (χ0) is 14.8. The maximum atomic E-state index is 12.3. The van der Waals surface area contributed by atoms with Crippen LogP contribution in [0.3, 0.4) is 0 Å². The molecule has 1 aromatic carbocycles. The van der Waals surface area contributed by atoms with Crippen LogP contribution in [-0.4, -0.2) is 30.7 Å². The minimum Gasteiger partial charge on any atom is -0.398 e. The van der Waals surface area contributed by atoms with Crippen LogP contribution in [0.25, 0.3) is 0 Å². The molecule has 0 heterocycles. The lowest BCUT2D eigenvalue weighted by atomic mass is 10.1. The Kier molecular flexibility index (Phi) is 5.11. The first-order chi connectivity index (χ1) is 8.65. The van der Waals surface area contributed by atoms with Gasteiger partial charge in [-0.15, -0.1) is 0 Å². The van der Waals surface area contributed by atoms with E-state index >= 15 is 0 Å². The van der Waals surface area contributed by atoms with Gasteiger partial charge in [0, 0.05) is 28.9 Å². The van der Waals surface area contributed by atoms with Gasteiger partial charge < -0.3 is 5.73 Å². The van der Waals surface area contributed by atoms with Crippen LogP contribution < -0.4 is 10.5 Å². The average Bonchev–Trinajstić information content (AvgIpc) is 2.21. The van der Waals surface area contributed by atoms with Crippen LogP contribution in [0.5, 0.6) is 0 Å². The molecule has 0 aliphatic carbocycles. The summed E-state index contributed by atoms with van der Waals surface area (Å²) in [4.78, 5) is 0.112. The van der Waals surface area contributed by atoms with Gasteiger partial charge in [0.2, 0.25) is 10.0 Å². The number of rotatable bonds is 5. The number of sulfonamides is 1. The van der Waals surface area contributed by atoms with E-state index in [4.69, 9.17) is 5.73 Å². The quantitative estimate of drug-likeness (QED) is 0.792. The Balaban J connectivity index is 3.15. The number of hydrogen-bond acceptors (Lipinski definition) is 4. The fraction of sp³-hybridized carbons (Fsp3) is 0.500. The molecule has 0 aromatic heterocycles. The summed E-state index contributed by atoms with van der Waals surface area (Å²) in [5, 5.41) is 0. The van der Waals surface area contributed by atoms with Crippen LogP contribution in [0.15, 0.2) is 17.0 Å². The number of nitrogens with one attached hydrogen (secondary N) is 1. The second-order valence-electron chi connectivity index (χ2n) is 4.69. The topological polar surface area (TPSA) is 89.3 Å². The summed E-state index contributed by atoms with van der Waals surface area (Å²) in [5.74, 6) is 0.268. The van der Waals surface area contributed by atoms with Crippen molar-refractivity contribution >= 4 is 26.5 Å². The first kappa shape index (κ1) is 16.1. The van der Waals surface area contributed by atoms with E-state index in [1.807, 2.05) is 6.92 Å². The SMILES string of the molecule is Cc1ccc(N)c(S(=O)(=O)NC(C)CS(C)=O)c1C. The van der Waals surface area contributed by atoms with E-state index in [1.54, 1.807) is 26.0 Å². The molecule has 2 atom stereocenters. The van der Waals surface area contributed by atoms with Gasteiger partial charge in [-0.05, 0) is 38.0 Å². The number of nitrogens with two attached hydrogens (primary N) is 1. The second-order valence-corrected chi connectivity index (χ2v) is 7.82. The highest BCUT2D eigenvalue weighted by Gasteiger charge is 2.23. The van der Waals surface area contributed by atoms with Crippen molar-refractivity contribution in [2.75, 3.05) is 17.7 Å². The second kappa shape index (κ2) is 6.02. The van der Waals surface area contributed by atoms with Crippen LogP contribution in [0.1, 0.15) is 18.1 Å². The highest BCUT2D eigenvalue weighted by molar-refractivity contribution is 7.89. The van der Waals surface area contributed by atoms with E-state index in [9.17, 15) is 12.6 Å². The summed E-state index contributed by atoms with van der Waals surface area (Å²) >= 11 is 0. The van der Waals surface area contributed by atoms with E-state index in [0.717, 1.165) is 5.56 Å².